The molecule has 0 saturated carbocycles. The van der Waals surface area contributed by atoms with Crippen molar-refractivity contribution in [2.24, 2.45) is 0 Å². The fourth-order valence-corrected chi connectivity index (χ4v) is 1.50. The Labute approximate surface area is 104 Å². The summed E-state index contributed by atoms with van der Waals surface area (Å²) in [5.74, 6) is -0.519. The second-order valence-electron chi connectivity index (χ2n) is 3.41. The molecule has 0 spiro atoms. The Kier molecular flexibility index (Phi) is 4.91. The number of alkyl halides is 3. The van der Waals surface area contributed by atoms with Crippen LogP contribution in [0.5, 0.6) is 0 Å². The van der Waals surface area contributed by atoms with Crippen molar-refractivity contribution in [2.75, 3.05) is 6.61 Å². The molecule has 1 rings (SSSR count). The van der Waals surface area contributed by atoms with Gasteiger partial charge in [0.15, 0.2) is 6.61 Å². The Morgan fingerprint density at radius 1 is 1.41 bits per heavy atom. The van der Waals surface area contributed by atoms with Gasteiger partial charge >= 0.3 is 6.18 Å². The SMILES string of the molecule is CC(NOCC(F)(F)F)c1ccc(Br)cc1F. The highest BCUT2D eigenvalue weighted by Gasteiger charge is 2.28. The third kappa shape index (κ3) is 5.01. The molecule has 0 aliphatic carbocycles. The minimum atomic E-state index is -4.41. The van der Waals surface area contributed by atoms with Gasteiger partial charge in [-0.2, -0.15) is 18.7 Å². The van der Waals surface area contributed by atoms with Crippen molar-refractivity contribution in [1.82, 2.24) is 5.48 Å². The topological polar surface area (TPSA) is 21.3 Å². The first-order valence-electron chi connectivity index (χ1n) is 4.68. The molecule has 0 saturated heterocycles. The fraction of sp³-hybridized carbons (Fsp3) is 0.400. The molecule has 0 bridgehead atoms. The molecule has 0 amide bonds. The molecule has 1 N–H and O–H groups in total. The van der Waals surface area contributed by atoms with Gasteiger partial charge in [0.2, 0.25) is 0 Å². The summed E-state index contributed by atoms with van der Waals surface area (Å²) >= 11 is 3.08. The van der Waals surface area contributed by atoms with Crippen molar-refractivity contribution in [1.29, 1.82) is 0 Å². The van der Waals surface area contributed by atoms with E-state index in [4.69, 9.17) is 0 Å². The molecular formula is C10H10BrF4NO. The summed E-state index contributed by atoms with van der Waals surface area (Å²) < 4.78 is 49.4. The van der Waals surface area contributed by atoms with Gasteiger partial charge in [-0.05, 0) is 19.1 Å². The van der Waals surface area contributed by atoms with Crippen molar-refractivity contribution >= 4 is 15.9 Å². The average Bonchev–Trinajstić information content (AvgIpc) is 2.15. The first-order chi connectivity index (χ1) is 7.79. The number of hydroxylamine groups is 1. The molecule has 0 aromatic heterocycles. The Hall–Kier alpha value is -0.660. The van der Waals surface area contributed by atoms with E-state index in [0.29, 0.717) is 4.47 Å². The van der Waals surface area contributed by atoms with Gasteiger partial charge in [-0.15, -0.1) is 0 Å². The van der Waals surface area contributed by atoms with Crippen LogP contribution in [0.3, 0.4) is 0 Å². The van der Waals surface area contributed by atoms with E-state index in [0.717, 1.165) is 0 Å². The maximum Gasteiger partial charge on any atom is 0.413 e. The molecule has 1 aromatic carbocycles. The van der Waals surface area contributed by atoms with E-state index in [1.807, 2.05) is 0 Å². The van der Waals surface area contributed by atoms with Gasteiger partial charge in [-0.1, -0.05) is 22.0 Å². The van der Waals surface area contributed by atoms with Crippen LogP contribution in [-0.2, 0) is 4.84 Å². The van der Waals surface area contributed by atoms with Gasteiger partial charge in [0, 0.05) is 10.0 Å². The van der Waals surface area contributed by atoms with Crippen LogP contribution in [-0.4, -0.2) is 12.8 Å². The summed E-state index contributed by atoms with van der Waals surface area (Å²) in [6.45, 7) is 0.0815. The van der Waals surface area contributed by atoms with Gasteiger partial charge in [0.25, 0.3) is 0 Å². The molecule has 0 fully saturated rings. The van der Waals surface area contributed by atoms with E-state index >= 15 is 0 Å². The lowest BCUT2D eigenvalue weighted by Crippen LogP contribution is -2.27. The molecule has 0 radical (unpaired) electrons. The number of nitrogens with one attached hydrogen (secondary N) is 1. The van der Waals surface area contributed by atoms with Crippen LogP contribution < -0.4 is 5.48 Å². The van der Waals surface area contributed by atoms with E-state index in [1.165, 1.54) is 19.1 Å². The Morgan fingerprint density at radius 2 is 2.06 bits per heavy atom. The number of rotatable bonds is 4. The molecule has 1 aromatic rings. The monoisotopic (exact) mass is 315 g/mol. The van der Waals surface area contributed by atoms with E-state index in [9.17, 15) is 17.6 Å². The van der Waals surface area contributed by atoms with Crippen LogP contribution in [0.25, 0.3) is 0 Å². The van der Waals surface area contributed by atoms with Crippen LogP contribution in [0.2, 0.25) is 0 Å². The van der Waals surface area contributed by atoms with Crippen LogP contribution >= 0.6 is 15.9 Å². The number of hydrogen-bond acceptors (Lipinski definition) is 2. The summed E-state index contributed by atoms with van der Waals surface area (Å²) in [6, 6.07) is 3.62. The average molecular weight is 316 g/mol. The first-order valence-corrected chi connectivity index (χ1v) is 5.48. The molecule has 7 heteroatoms. The zero-order chi connectivity index (χ0) is 13.1. The number of hydrogen-bond donors (Lipinski definition) is 1. The van der Waals surface area contributed by atoms with E-state index < -0.39 is 24.6 Å². The molecule has 0 aliphatic rings. The van der Waals surface area contributed by atoms with Crippen molar-refractivity contribution in [3.8, 4) is 0 Å². The lowest BCUT2D eigenvalue weighted by molar-refractivity contribution is -0.192. The molecule has 0 aliphatic heterocycles. The van der Waals surface area contributed by atoms with Crippen molar-refractivity contribution in [3.05, 3.63) is 34.1 Å². The maximum absolute atomic E-state index is 13.4. The van der Waals surface area contributed by atoms with E-state index in [1.54, 1.807) is 6.07 Å². The van der Waals surface area contributed by atoms with Crippen LogP contribution in [0, 0.1) is 5.82 Å². The second kappa shape index (κ2) is 5.79. The van der Waals surface area contributed by atoms with Gasteiger partial charge < -0.3 is 0 Å². The lowest BCUT2D eigenvalue weighted by atomic mass is 10.1. The highest BCUT2D eigenvalue weighted by molar-refractivity contribution is 9.10. The zero-order valence-electron chi connectivity index (χ0n) is 8.81. The Bertz CT molecular complexity index is 383. The predicted octanol–water partition coefficient (Wildman–Crippen LogP) is 3.73. The molecular weight excluding hydrogens is 306 g/mol. The molecule has 1 atom stereocenters. The van der Waals surface area contributed by atoms with Crippen molar-refractivity contribution in [3.63, 3.8) is 0 Å². The van der Waals surface area contributed by atoms with Crippen LogP contribution in [0.4, 0.5) is 17.6 Å². The molecule has 0 heterocycles. The molecule has 1 unspecified atom stereocenters. The number of benzene rings is 1. The van der Waals surface area contributed by atoms with E-state index in [2.05, 4.69) is 26.2 Å². The lowest BCUT2D eigenvalue weighted by Gasteiger charge is -2.15. The highest BCUT2D eigenvalue weighted by Crippen LogP contribution is 2.21. The quantitative estimate of drug-likeness (QED) is 0.675. The van der Waals surface area contributed by atoms with Crippen molar-refractivity contribution < 1.29 is 22.4 Å². The first kappa shape index (κ1) is 14.4. The minimum Gasteiger partial charge on any atom is -0.292 e. The summed E-state index contributed by atoms with van der Waals surface area (Å²) in [7, 11) is 0. The molecule has 96 valence electrons. The Balaban J connectivity index is 2.55. The summed E-state index contributed by atoms with van der Waals surface area (Å²) in [5, 5.41) is 0. The fourth-order valence-electron chi connectivity index (χ4n) is 1.16. The second-order valence-corrected chi connectivity index (χ2v) is 4.32. The Morgan fingerprint density at radius 3 is 2.59 bits per heavy atom. The maximum atomic E-state index is 13.4. The van der Waals surface area contributed by atoms with E-state index in [-0.39, 0.29) is 5.56 Å². The third-order valence-corrected chi connectivity index (χ3v) is 2.42. The molecule has 2 nitrogen and oxygen atoms in total. The summed E-state index contributed by atoms with van der Waals surface area (Å²) in [6.07, 6.45) is -4.41. The largest absolute Gasteiger partial charge is 0.413 e. The molecule has 17 heavy (non-hydrogen) atoms. The zero-order valence-corrected chi connectivity index (χ0v) is 10.4. The minimum absolute atomic E-state index is 0.232. The van der Waals surface area contributed by atoms with Crippen molar-refractivity contribution in [2.45, 2.75) is 19.1 Å². The predicted molar refractivity (Wildman–Crippen MR) is 57.7 cm³/mol. The summed E-state index contributed by atoms with van der Waals surface area (Å²) in [5.41, 5.74) is 2.37. The van der Waals surface area contributed by atoms with Gasteiger partial charge in [-0.25, -0.2) is 4.39 Å². The van der Waals surface area contributed by atoms with Crippen LogP contribution in [0.1, 0.15) is 18.5 Å². The van der Waals surface area contributed by atoms with Gasteiger partial charge in [0.1, 0.15) is 5.82 Å². The third-order valence-electron chi connectivity index (χ3n) is 1.92. The number of halogens is 5. The smallest absolute Gasteiger partial charge is 0.292 e. The van der Waals surface area contributed by atoms with Gasteiger partial charge in [-0.3, -0.25) is 4.84 Å². The van der Waals surface area contributed by atoms with Gasteiger partial charge in [0.05, 0.1) is 6.04 Å². The van der Waals surface area contributed by atoms with Crippen LogP contribution in [0.15, 0.2) is 22.7 Å². The normalized spacial score (nSPS) is 13.8. The standard InChI is InChI=1S/C10H10BrF4NO/c1-6(16-17-5-10(13,14)15)8-3-2-7(11)4-9(8)12/h2-4,6,16H,5H2,1H3. The summed E-state index contributed by atoms with van der Waals surface area (Å²) in [4.78, 5) is 4.25. The highest BCUT2D eigenvalue weighted by atomic mass is 79.9.